The van der Waals surface area contributed by atoms with Crippen LogP contribution in [0.2, 0.25) is 0 Å². The quantitative estimate of drug-likeness (QED) is 0.168. The minimum Gasteiger partial charge on any atom is -0.486 e. The van der Waals surface area contributed by atoms with Gasteiger partial charge in [0.1, 0.15) is 0 Å². The molecule has 0 N–H and O–H groups in total. The zero-order chi connectivity index (χ0) is 30.4. The van der Waals surface area contributed by atoms with Gasteiger partial charge in [0.05, 0.1) is 22.4 Å². The van der Waals surface area contributed by atoms with Gasteiger partial charge < -0.3 is 14.0 Å². The summed E-state index contributed by atoms with van der Waals surface area (Å²) in [4.78, 5) is 13.9. The zero-order valence-electron chi connectivity index (χ0n) is 26.1. The van der Waals surface area contributed by atoms with Crippen LogP contribution in [0.5, 0.6) is 0 Å². The Hall–Kier alpha value is -4.38. The standard InChI is InChI=1S/C22H21N2O.C17H13N2.Ir/c1-14-8-9-17-16-6-5-7-18(20(16)25-21(17)24-14)19-12-15(10-11-23-19)13-22(2,3)4;1-12-10-14-8-5-9-19-16(14)15(11-12)18-17(19)13-6-3-2-4-7-13;/h5-6,8-12H,13H2,1-4H3;2-6,8,10-11H,9H2,1H3;/q2*-1;. The third-order valence-corrected chi connectivity index (χ3v) is 7.80. The van der Waals surface area contributed by atoms with Crippen LogP contribution in [0.15, 0.2) is 89.5 Å². The van der Waals surface area contributed by atoms with E-state index in [4.69, 9.17) is 9.40 Å². The molecule has 0 amide bonds. The van der Waals surface area contributed by atoms with Crippen molar-refractivity contribution < 1.29 is 24.5 Å². The topological polar surface area (TPSA) is 56.7 Å². The maximum absolute atomic E-state index is 6.08. The van der Waals surface area contributed by atoms with E-state index >= 15 is 0 Å². The summed E-state index contributed by atoms with van der Waals surface area (Å²) in [5, 5.41) is 2.08. The minimum absolute atomic E-state index is 0. The van der Waals surface area contributed by atoms with Crippen molar-refractivity contribution >= 4 is 39.2 Å². The largest absolute Gasteiger partial charge is 0.486 e. The molecule has 6 heteroatoms. The molecule has 45 heavy (non-hydrogen) atoms. The van der Waals surface area contributed by atoms with Crippen LogP contribution in [-0.4, -0.2) is 19.5 Å². The Morgan fingerprint density at radius 2 is 1.78 bits per heavy atom. The number of hydrogen-bond acceptors (Lipinski definition) is 4. The van der Waals surface area contributed by atoms with Gasteiger partial charge >= 0.3 is 0 Å². The number of hydrogen-bond donors (Lipinski definition) is 0. The summed E-state index contributed by atoms with van der Waals surface area (Å²) in [6, 6.07) is 31.2. The number of aryl methyl sites for hydroxylation is 2. The van der Waals surface area contributed by atoms with E-state index in [1.54, 1.807) is 0 Å². The summed E-state index contributed by atoms with van der Waals surface area (Å²) >= 11 is 0. The van der Waals surface area contributed by atoms with Crippen LogP contribution in [0, 0.1) is 31.4 Å². The molecule has 0 fully saturated rings. The molecule has 0 unspecified atom stereocenters. The number of allylic oxidation sites excluding steroid dienone is 1. The van der Waals surface area contributed by atoms with E-state index in [0.29, 0.717) is 5.71 Å². The molecule has 1 aliphatic heterocycles. The van der Waals surface area contributed by atoms with Crippen molar-refractivity contribution in [1.29, 1.82) is 0 Å². The zero-order valence-corrected chi connectivity index (χ0v) is 28.5. The number of furan rings is 1. The average Bonchev–Trinajstić information content (AvgIpc) is 3.56. The smallest absolute Gasteiger partial charge is 0.216 e. The second-order valence-electron chi connectivity index (χ2n) is 12.7. The van der Waals surface area contributed by atoms with Crippen molar-refractivity contribution in [3.8, 4) is 22.6 Å². The molecule has 1 radical (unpaired) electrons. The second kappa shape index (κ2) is 12.2. The molecule has 227 valence electrons. The summed E-state index contributed by atoms with van der Waals surface area (Å²) in [6.07, 6.45) is 7.25. The van der Waals surface area contributed by atoms with Crippen molar-refractivity contribution in [2.75, 3.05) is 0 Å². The fraction of sp³-hybridized carbons (Fsp3) is 0.205. The number of pyridine rings is 2. The maximum Gasteiger partial charge on any atom is 0.216 e. The van der Waals surface area contributed by atoms with Crippen LogP contribution in [0.3, 0.4) is 0 Å². The summed E-state index contributed by atoms with van der Waals surface area (Å²) < 4.78 is 8.35. The Bertz CT molecular complexity index is 2190. The SMILES string of the molecule is Cc1cc2c3c(c1)nc(-c1[c-]cccc1)n3CC=C2.Cc1ccc2c(n1)oc1c(-c3cc(CC(C)(C)C)ccn3)[c-]ccc12.[Ir]. The van der Waals surface area contributed by atoms with E-state index in [-0.39, 0.29) is 25.5 Å². The molecule has 0 bridgehead atoms. The Morgan fingerprint density at radius 1 is 0.911 bits per heavy atom. The molecular formula is C39H34IrN4O-2. The first-order valence-corrected chi connectivity index (χ1v) is 15.0. The molecule has 0 spiro atoms. The Kier molecular flexibility index (Phi) is 8.30. The van der Waals surface area contributed by atoms with Crippen molar-refractivity contribution in [3.05, 3.63) is 120 Å². The minimum atomic E-state index is 0. The van der Waals surface area contributed by atoms with Crippen molar-refractivity contribution in [2.24, 2.45) is 5.41 Å². The van der Waals surface area contributed by atoms with E-state index < -0.39 is 0 Å². The van der Waals surface area contributed by atoms with Crippen LogP contribution < -0.4 is 0 Å². The molecule has 5 nitrogen and oxygen atoms in total. The third-order valence-electron chi connectivity index (χ3n) is 7.80. The number of imidazole rings is 1. The molecule has 0 saturated heterocycles. The monoisotopic (exact) mass is 767 g/mol. The Balaban J connectivity index is 0.000000160. The fourth-order valence-electron chi connectivity index (χ4n) is 6.01. The summed E-state index contributed by atoms with van der Waals surface area (Å²) in [5.41, 5.74) is 11.6. The van der Waals surface area contributed by atoms with E-state index in [0.717, 1.165) is 63.2 Å². The van der Waals surface area contributed by atoms with Gasteiger partial charge in [0.15, 0.2) is 0 Å². The van der Waals surface area contributed by atoms with E-state index in [1.165, 1.54) is 22.2 Å². The van der Waals surface area contributed by atoms with Gasteiger partial charge in [-0.25, -0.2) is 4.98 Å². The van der Waals surface area contributed by atoms with Gasteiger partial charge in [0, 0.05) is 43.9 Å². The van der Waals surface area contributed by atoms with Gasteiger partial charge in [-0.2, -0.15) is 0 Å². The third kappa shape index (κ3) is 6.13. The molecule has 0 saturated carbocycles. The molecule has 8 rings (SSSR count). The van der Waals surface area contributed by atoms with Gasteiger partial charge in [0.25, 0.3) is 0 Å². The predicted molar refractivity (Wildman–Crippen MR) is 179 cm³/mol. The van der Waals surface area contributed by atoms with Crippen molar-refractivity contribution in [3.63, 3.8) is 0 Å². The van der Waals surface area contributed by atoms with Gasteiger partial charge in [-0.1, -0.05) is 55.5 Å². The van der Waals surface area contributed by atoms with Crippen molar-refractivity contribution in [1.82, 2.24) is 19.5 Å². The summed E-state index contributed by atoms with van der Waals surface area (Å²) in [6.45, 7) is 11.7. The summed E-state index contributed by atoms with van der Waals surface area (Å²) in [7, 11) is 0. The normalized spacial score (nSPS) is 12.3. The van der Waals surface area contributed by atoms with Gasteiger partial charge in [-0.3, -0.25) is 4.98 Å². The molecule has 0 atom stereocenters. The van der Waals surface area contributed by atoms with Crippen LogP contribution in [0.1, 0.15) is 43.2 Å². The first-order chi connectivity index (χ1) is 21.2. The molecule has 4 aromatic heterocycles. The van der Waals surface area contributed by atoms with Crippen LogP contribution >= 0.6 is 0 Å². The number of aromatic nitrogens is 4. The van der Waals surface area contributed by atoms with Crippen molar-refractivity contribution in [2.45, 2.75) is 47.6 Å². The molecule has 3 aromatic carbocycles. The van der Waals surface area contributed by atoms with Crippen LogP contribution in [0.25, 0.3) is 61.8 Å². The second-order valence-corrected chi connectivity index (χ2v) is 12.7. The van der Waals surface area contributed by atoms with Gasteiger partial charge in [0.2, 0.25) is 5.71 Å². The molecule has 7 aromatic rings. The number of benzene rings is 3. The Morgan fingerprint density at radius 3 is 2.58 bits per heavy atom. The number of nitrogens with zero attached hydrogens (tertiary/aromatic N) is 4. The first kappa shape index (κ1) is 30.6. The Labute approximate surface area is 277 Å². The molecule has 1 aliphatic rings. The number of rotatable bonds is 3. The molecular weight excluding hydrogens is 733 g/mol. The van der Waals surface area contributed by atoms with Gasteiger partial charge in [-0.15, -0.1) is 54.1 Å². The van der Waals surface area contributed by atoms with Crippen LogP contribution in [0.4, 0.5) is 0 Å². The predicted octanol–water partition coefficient (Wildman–Crippen LogP) is 9.58. The van der Waals surface area contributed by atoms with E-state index in [1.807, 2.05) is 49.5 Å². The van der Waals surface area contributed by atoms with Crippen LogP contribution in [-0.2, 0) is 33.1 Å². The van der Waals surface area contributed by atoms with Gasteiger partial charge in [-0.05, 0) is 72.8 Å². The molecule has 0 aliphatic carbocycles. The number of fused-ring (bicyclic) bond motifs is 3. The average molecular weight is 767 g/mol. The van der Waals surface area contributed by atoms with E-state index in [9.17, 15) is 0 Å². The maximum atomic E-state index is 6.08. The summed E-state index contributed by atoms with van der Waals surface area (Å²) in [5.74, 6) is 1.01. The van der Waals surface area contributed by atoms with E-state index in [2.05, 4.69) is 103 Å². The molecule has 5 heterocycles. The first-order valence-electron chi connectivity index (χ1n) is 15.0. The fourth-order valence-corrected chi connectivity index (χ4v) is 6.01.